The van der Waals surface area contributed by atoms with Crippen LogP contribution < -0.4 is 0 Å². The Bertz CT molecular complexity index is 675. The Balaban J connectivity index is 1.47. The molecule has 9 atom stereocenters. The van der Waals surface area contributed by atoms with Gasteiger partial charge in [0.2, 0.25) is 0 Å². The molecule has 178 valence electrons. The zero-order valence-corrected chi connectivity index (χ0v) is 21.3. The first-order valence-corrected chi connectivity index (χ1v) is 13.6. The predicted octanol–water partition coefficient (Wildman–Crippen LogP) is 7.14. The molecule has 0 bridgehead atoms. The second-order valence-electron chi connectivity index (χ2n) is 13.2. The molecule has 4 aliphatic carbocycles. The van der Waals surface area contributed by atoms with Crippen LogP contribution in [0.3, 0.4) is 0 Å². The molecular formula is C29H50O2. The van der Waals surface area contributed by atoms with Crippen molar-refractivity contribution in [3.05, 3.63) is 11.6 Å². The molecule has 0 aromatic heterocycles. The van der Waals surface area contributed by atoms with E-state index in [2.05, 4.69) is 33.8 Å². The molecule has 3 saturated carbocycles. The summed E-state index contributed by atoms with van der Waals surface area (Å²) in [4.78, 5) is 0. The van der Waals surface area contributed by atoms with Gasteiger partial charge in [0.25, 0.3) is 0 Å². The molecule has 9 unspecified atom stereocenters. The summed E-state index contributed by atoms with van der Waals surface area (Å²) in [5.41, 5.74) is 1.90. The molecule has 0 aromatic carbocycles. The van der Waals surface area contributed by atoms with Gasteiger partial charge < -0.3 is 10.2 Å². The number of allylic oxidation sites excluding steroid dienone is 1. The summed E-state index contributed by atoms with van der Waals surface area (Å²) in [5, 5.41) is 20.8. The van der Waals surface area contributed by atoms with Gasteiger partial charge in [-0.2, -0.15) is 0 Å². The number of fused-ring (bicyclic) bond motifs is 5. The molecule has 0 amide bonds. The quantitative estimate of drug-likeness (QED) is 0.440. The van der Waals surface area contributed by atoms with Crippen molar-refractivity contribution in [3.8, 4) is 0 Å². The van der Waals surface area contributed by atoms with E-state index in [4.69, 9.17) is 0 Å². The standard InChI is InChI=1S/C29H50O2/c1-7-20(27(3,4)31)9-8-19(2)24-12-13-25-23-11-10-21-18-22(30)14-16-28(21,5)26(23)15-17-29(24,25)6/h10,19-20,22-26,30-31H,7-9,11-18H2,1-6H3. The first kappa shape index (κ1) is 23.8. The number of hydrogen-bond acceptors (Lipinski definition) is 2. The molecule has 0 spiro atoms. The maximum atomic E-state index is 10.5. The number of rotatable bonds is 6. The maximum Gasteiger partial charge on any atom is 0.0619 e. The maximum absolute atomic E-state index is 10.5. The number of aliphatic hydroxyl groups is 2. The van der Waals surface area contributed by atoms with E-state index in [1.807, 2.05) is 13.8 Å². The molecule has 0 aromatic rings. The normalized spacial score (nSPS) is 44.6. The van der Waals surface area contributed by atoms with Crippen molar-refractivity contribution in [1.29, 1.82) is 0 Å². The van der Waals surface area contributed by atoms with Gasteiger partial charge in [0, 0.05) is 0 Å². The third-order valence-electron chi connectivity index (χ3n) is 11.3. The van der Waals surface area contributed by atoms with Crippen LogP contribution in [-0.2, 0) is 0 Å². The van der Waals surface area contributed by atoms with Gasteiger partial charge in [-0.05, 0) is 118 Å². The zero-order valence-electron chi connectivity index (χ0n) is 21.3. The van der Waals surface area contributed by atoms with Crippen LogP contribution in [0.5, 0.6) is 0 Å². The molecule has 31 heavy (non-hydrogen) atoms. The molecule has 4 rings (SSSR count). The van der Waals surface area contributed by atoms with Crippen LogP contribution in [0.1, 0.15) is 112 Å². The van der Waals surface area contributed by atoms with Crippen molar-refractivity contribution >= 4 is 0 Å². The highest BCUT2D eigenvalue weighted by atomic mass is 16.3. The summed E-state index contributed by atoms with van der Waals surface area (Å²) in [6, 6.07) is 0. The van der Waals surface area contributed by atoms with E-state index < -0.39 is 5.60 Å². The Morgan fingerprint density at radius 3 is 2.48 bits per heavy atom. The topological polar surface area (TPSA) is 40.5 Å². The molecule has 0 heterocycles. The van der Waals surface area contributed by atoms with Crippen molar-refractivity contribution in [2.45, 2.75) is 124 Å². The summed E-state index contributed by atoms with van der Waals surface area (Å²) in [7, 11) is 0. The van der Waals surface area contributed by atoms with Crippen LogP contribution in [0.25, 0.3) is 0 Å². The Kier molecular flexibility index (Phi) is 6.50. The second kappa shape index (κ2) is 8.46. The van der Waals surface area contributed by atoms with Gasteiger partial charge in [0.15, 0.2) is 0 Å². The zero-order chi connectivity index (χ0) is 22.6. The Labute approximate surface area is 192 Å². The minimum Gasteiger partial charge on any atom is -0.393 e. The van der Waals surface area contributed by atoms with Crippen LogP contribution in [0.4, 0.5) is 0 Å². The van der Waals surface area contributed by atoms with Gasteiger partial charge in [-0.15, -0.1) is 0 Å². The molecule has 3 fully saturated rings. The summed E-state index contributed by atoms with van der Waals surface area (Å²) in [5.74, 6) is 4.62. The molecule has 0 radical (unpaired) electrons. The summed E-state index contributed by atoms with van der Waals surface area (Å²) < 4.78 is 0. The Hall–Kier alpha value is -0.340. The largest absolute Gasteiger partial charge is 0.393 e. The molecule has 2 N–H and O–H groups in total. The van der Waals surface area contributed by atoms with Gasteiger partial charge in [0.1, 0.15) is 0 Å². The van der Waals surface area contributed by atoms with E-state index in [9.17, 15) is 10.2 Å². The molecule has 2 heteroatoms. The van der Waals surface area contributed by atoms with Crippen molar-refractivity contribution in [1.82, 2.24) is 0 Å². The van der Waals surface area contributed by atoms with Crippen LogP contribution >= 0.6 is 0 Å². The summed E-state index contributed by atoms with van der Waals surface area (Å²) in [6.45, 7) is 13.9. The third kappa shape index (κ3) is 4.07. The van der Waals surface area contributed by atoms with E-state index in [0.717, 1.165) is 55.3 Å². The smallest absolute Gasteiger partial charge is 0.0619 e. The molecule has 4 aliphatic rings. The SMILES string of the molecule is CCC(CCC(C)C1CCC2C3CC=C4CC(O)CCC4(C)C3CCC12C)C(C)(C)O. The summed E-state index contributed by atoms with van der Waals surface area (Å²) >= 11 is 0. The minimum atomic E-state index is -0.552. The lowest BCUT2D eigenvalue weighted by atomic mass is 9.47. The predicted molar refractivity (Wildman–Crippen MR) is 130 cm³/mol. The van der Waals surface area contributed by atoms with Gasteiger partial charge in [-0.1, -0.05) is 52.2 Å². The second-order valence-corrected chi connectivity index (χ2v) is 13.2. The fourth-order valence-electron chi connectivity index (χ4n) is 9.34. The lowest BCUT2D eigenvalue weighted by Crippen LogP contribution is -2.50. The molecular weight excluding hydrogens is 380 g/mol. The number of aliphatic hydroxyl groups excluding tert-OH is 1. The Morgan fingerprint density at radius 1 is 1.06 bits per heavy atom. The van der Waals surface area contributed by atoms with Crippen molar-refractivity contribution in [2.75, 3.05) is 0 Å². The van der Waals surface area contributed by atoms with E-state index in [-0.39, 0.29) is 6.10 Å². The first-order chi connectivity index (χ1) is 14.5. The van der Waals surface area contributed by atoms with Crippen LogP contribution in [-0.4, -0.2) is 21.9 Å². The number of hydrogen-bond donors (Lipinski definition) is 2. The monoisotopic (exact) mass is 430 g/mol. The lowest BCUT2D eigenvalue weighted by molar-refractivity contribution is -0.0584. The highest BCUT2D eigenvalue weighted by Gasteiger charge is 2.59. The Morgan fingerprint density at radius 2 is 1.81 bits per heavy atom. The van der Waals surface area contributed by atoms with Gasteiger partial charge >= 0.3 is 0 Å². The average Bonchev–Trinajstić information content (AvgIpc) is 3.05. The molecule has 0 saturated heterocycles. The first-order valence-electron chi connectivity index (χ1n) is 13.6. The lowest BCUT2D eigenvalue weighted by Gasteiger charge is -2.58. The van der Waals surface area contributed by atoms with E-state index in [1.54, 1.807) is 5.57 Å². The van der Waals surface area contributed by atoms with Crippen molar-refractivity contribution in [2.24, 2.45) is 46.3 Å². The van der Waals surface area contributed by atoms with Crippen LogP contribution in [0.2, 0.25) is 0 Å². The average molecular weight is 431 g/mol. The van der Waals surface area contributed by atoms with E-state index in [0.29, 0.717) is 16.7 Å². The molecule has 2 nitrogen and oxygen atoms in total. The highest BCUT2D eigenvalue weighted by Crippen LogP contribution is 2.67. The van der Waals surface area contributed by atoms with Crippen molar-refractivity contribution in [3.63, 3.8) is 0 Å². The van der Waals surface area contributed by atoms with Crippen LogP contribution in [0, 0.1) is 46.3 Å². The molecule has 0 aliphatic heterocycles. The minimum absolute atomic E-state index is 0.0997. The van der Waals surface area contributed by atoms with E-state index in [1.165, 1.54) is 44.9 Å². The van der Waals surface area contributed by atoms with Crippen molar-refractivity contribution < 1.29 is 10.2 Å². The van der Waals surface area contributed by atoms with Gasteiger partial charge in [0.05, 0.1) is 11.7 Å². The van der Waals surface area contributed by atoms with E-state index >= 15 is 0 Å². The van der Waals surface area contributed by atoms with Gasteiger partial charge in [-0.25, -0.2) is 0 Å². The van der Waals surface area contributed by atoms with Gasteiger partial charge in [-0.3, -0.25) is 0 Å². The summed E-state index contributed by atoms with van der Waals surface area (Å²) in [6.07, 6.45) is 16.0. The third-order valence-corrected chi connectivity index (χ3v) is 11.3. The fraction of sp³-hybridized carbons (Fsp3) is 0.931. The fourth-order valence-corrected chi connectivity index (χ4v) is 9.34. The van der Waals surface area contributed by atoms with Crippen LogP contribution in [0.15, 0.2) is 11.6 Å². The highest BCUT2D eigenvalue weighted by molar-refractivity contribution is 5.25.